The minimum atomic E-state index is -0.556. The predicted molar refractivity (Wildman–Crippen MR) is 92.6 cm³/mol. The van der Waals surface area contributed by atoms with Crippen LogP contribution in [0.1, 0.15) is 27.2 Å². The summed E-state index contributed by atoms with van der Waals surface area (Å²) in [6.07, 6.45) is 4.81. The summed E-state index contributed by atoms with van der Waals surface area (Å²) in [7, 11) is 0. The van der Waals surface area contributed by atoms with Gasteiger partial charge in [0.05, 0.1) is 18.1 Å². The Labute approximate surface area is 146 Å². The van der Waals surface area contributed by atoms with Gasteiger partial charge in [-0.2, -0.15) is 4.39 Å². The molecule has 0 atom stereocenters. The maximum absolute atomic E-state index is 13.1. The number of carbonyl (C=O) groups is 1. The van der Waals surface area contributed by atoms with Crippen molar-refractivity contribution in [3.8, 4) is 11.3 Å². The number of nitrogens with one attached hydrogen (secondary N) is 2. The van der Waals surface area contributed by atoms with Crippen LogP contribution in [-0.4, -0.2) is 39.7 Å². The summed E-state index contributed by atoms with van der Waals surface area (Å²) in [5, 5.41) is 5.79. The van der Waals surface area contributed by atoms with E-state index >= 15 is 0 Å². The lowest BCUT2D eigenvalue weighted by molar-refractivity contribution is 0.0528. The summed E-state index contributed by atoms with van der Waals surface area (Å²) in [6, 6.07) is 2.97. The highest BCUT2D eigenvalue weighted by atomic mass is 19.1. The van der Waals surface area contributed by atoms with Crippen LogP contribution in [0.5, 0.6) is 0 Å². The largest absolute Gasteiger partial charge is 0.444 e. The smallest absolute Gasteiger partial charge is 0.407 e. The summed E-state index contributed by atoms with van der Waals surface area (Å²) in [5.41, 5.74) is 0.684. The molecular weight excluding hydrogens is 325 g/mol. The minimum absolute atomic E-state index is 0.429. The van der Waals surface area contributed by atoms with Crippen LogP contribution in [0.3, 0.4) is 0 Å². The van der Waals surface area contributed by atoms with Gasteiger partial charge in [0.2, 0.25) is 5.95 Å². The summed E-state index contributed by atoms with van der Waals surface area (Å²) in [6.45, 7) is 6.56. The molecule has 0 bridgehead atoms. The molecule has 0 spiro atoms. The summed E-state index contributed by atoms with van der Waals surface area (Å²) >= 11 is 0. The summed E-state index contributed by atoms with van der Waals surface area (Å²) in [4.78, 5) is 23.5. The van der Waals surface area contributed by atoms with Gasteiger partial charge in [-0.15, -0.1) is 0 Å². The van der Waals surface area contributed by atoms with E-state index in [0.29, 0.717) is 36.6 Å². The van der Waals surface area contributed by atoms with Crippen molar-refractivity contribution in [1.29, 1.82) is 0 Å². The third-order valence-electron chi connectivity index (χ3n) is 3.00. The Kier molecular flexibility index (Phi) is 6.21. The number of ether oxygens (including phenoxy) is 1. The van der Waals surface area contributed by atoms with E-state index in [4.69, 9.17) is 4.74 Å². The first-order chi connectivity index (χ1) is 11.8. The third kappa shape index (κ3) is 6.70. The molecule has 0 aliphatic carbocycles. The van der Waals surface area contributed by atoms with Gasteiger partial charge in [-0.05, 0) is 33.3 Å². The van der Waals surface area contributed by atoms with Crippen molar-refractivity contribution in [2.75, 3.05) is 18.4 Å². The van der Waals surface area contributed by atoms with E-state index in [2.05, 4.69) is 25.6 Å². The van der Waals surface area contributed by atoms with Gasteiger partial charge in [0.25, 0.3) is 0 Å². The number of hydrogen-bond donors (Lipinski definition) is 2. The van der Waals surface area contributed by atoms with E-state index < -0.39 is 17.6 Å². The normalized spacial score (nSPS) is 11.0. The van der Waals surface area contributed by atoms with Crippen LogP contribution in [0.2, 0.25) is 0 Å². The lowest BCUT2D eigenvalue weighted by Gasteiger charge is -2.19. The molecule has 0 aliphatic rings. The molecule has 0 unspecified atom stereocenters. The standard InChI is InChI=1S/C17H22FN5O2/c1-17(2,3)25-16(24)21-7-4-6-20-15-11-22-13(10-23-15)12-5-8-19-14(18)9-12/h5,8-11H,4,6-7H2,1-3H3,(H,20,23)(H,21,24). The number of nitrogens with zero attached hydrogens (tertiary/aromatic N) is 3. The summed E-state index contributed by atoms with van der Waals surface area (Å²) in [5.74, 6) is 0.0505. The molecule has 2 aromatic heterocycles. The highest BCUT2D eigenvalue weighted by Gasteiger charge is 2.15. The molecule has 25 heavy (non-hydrogen) atoms. The average molecular weight is 347 g/mol. The van der Waals surface area contributed by atoms with E-state index in [1.807, 2.05) is 20.8 Å². The van der Waals surface area contributed by atoms with Gasteiger partial charge in [-0.25, -0.2) is 14.8 Å². The Hall–Kier alpha value is -2.77. The number of pyridine rings is 1. The number of hydrogen-bond acceptors (Lipinski definition) is 6. The molecule has 0 radical (unpaired) electrons. The molecule has 0 aliphatic heterocycles. The molecule has 7 nitrogen and oxygen atoms in total. The quantitative estimate of drug-likeness (QED) is 0.617. The maximum Gasteiger partial charge on any atom is 0.407 e. The molecule has 134 valence electrons. The maximum atomic E-state index is 13.1. The monoisotopic (exact) mass is 347 g/mol. The molecule has 2 N–H and O–H groups in total. The fourth-order valence-corrected chi connectivity index (χ4v) is 1.94. The van der Waals surface area contributed by atoms with Crippen molar-refractivity contribution in [3.05, 3.63) is 36.7 Å². The third-order valence-corrected chi connectivity index (χ3v) is 3.00. The Balaban J connectivity index is 1.72. The first-order valence-electron chi connectivity index (χ1n) is 7.98. The Morgan fingerprint density at radius 1 is 1.20 bits per heavy atom. The molecule has 0 saturated heterocycles. The van der Waals surface area contributed by atoms with E-state index in [9.17, 15) is 9.18 Å². The average Bonchev–Trinajstić information content (AvgIpc) is 2.53. The number of anilines is 1. The molecule has 1 amide bonds. The fourth-order valence-electron chi connectivity index (χ4n) is 1.94. The molecule has 0 aromatic carbocycles. The highest BCUT2D eigenvalue weighted by molar-refractivity contribution is 5.67. The van der Waals surface area contributed by atoms with Crippen LogP contribution in [0.4, 0.5) is 15.0 Å². The molecule has 0 saturated carbocycles. The second-order valence-corrected chi connectivity index (χ2v) is 6.36. The Bertz CT molecular complexity index is 701. The van der Waals surface area contributed by atoms with Crippen molar-refractivity contribution >= 4 is 11.9 Å². The van der Waals surface area contributed by atoms with Gasteiger partial charge in [0.15, 0.2) is 0 Å². The van der Waals surface area contributed by atoms with Crippen molar-refractivity contribution in [1.82, 2.24) is 20.3 Å². The van der Waals surface area contributed by atoms with Gasteiger partial charge in [-0.3, -0.25) is 4.98 Å². The number of aromatic nitrogens is 3. The second kappa shape index (κ2) is 8.36. The van der Waals surface area contributed by atoms with Crippen molar-refractivity contribution in [2.45, 2.75) is 32.8 Å². The van der Waals surface area contributed by atoms with E-state index in [1.165, 1.54) is 12.3 Å². The fraction of sp³-hybridized carbons (Fsp3) is 0.412. The Morgan fingerprint density at radius 2 is 2.00 bits per heavy atom. The van der Waals surface area contributed by atoms with Gasteiger partial charge in [0.1, 0.15) is 11.4 Å². The van der Waals surface area contributed by atoms with E-state index in [1.54, 1.807) is 18.5 Å². The molecule has 8 heteroatoms. The molecule has 2 aromatic rings. The number of carbonyl (C=O) groups excluding carboxylic acids is 1. The van der Waals surface area contributed by atoms with Gasteiger partial charge in [-0.1, -0.05) is 0 Å². The van der Waals surface area contributed by atoms with Crippen molar-refractivity contribution in [3.63, 3.8) is 0 Å². The SMILES string of the molecule is CC(C)(C)OC(=O)NCCCNc1cnc(-c2ccnc(F)c2)cn1. The second-order valence-electron chi connectivity index (χ2n) is 6.36. The van der Waals surface area contributed by atoms with Crippen LogP contribution in [0.15, 0.2) is 30.7 Å². The van der Waals surface area contributed by atoms with Crippen LogP contribution in [-0.2, 0) is 4.74 Å². The molecule has 2 heterocycles. The lowest BCUT2D eigenvalue weighted by Crippen LogP contribution is -2.33. The zero-order valence-corrected chi connectivity index (χ0v) is 14.5. The molecule has 0 fully saturated rings. The van der Waals surface area contributed by atoms with Crippen LogP contribution < -0.4 is 10.6 Å². The number of halogens is 1. The predicted octanol–water partition coefficient (Wildman–Crippen LogP) is 3.00. The Morgan fingerprint density at radius 3 is 2.64 bits per heavy atom. The van der Waals surface area contributed by atoms with Crippen LogP contribution >= 0.6 is 0 Å². The topological polar surface area (TPSA) is 89.0 Å². The van der Waals surface area contributed by atoms with E-state index in [0.717, 1.165) is 0 Å². The number of amides is 1. The first kappa shape index (κ1) is 18.6. The van der Waals surface area contributed by atoms with Crippen LogP contribution in [0.25, 0.3) is 11.3 Å². The van der Waals surface area contributed by atoms with Gasteiger partial charge in [0, 0.05) is 30.9 Å². The van der Waals surface area contributed by atoms with Gasteiger partial charge >= 0.3 is 6.09 Å². The first-order valence-corrected chi connectivity index (χ1v) is 7.98. The zero-order valence-electron chi connectivity index (χ0n) is 14.5. The van der Waals surface area contributed by atoms with E-state index in [-0.39, 0.29) is 0 Å². The summed E-state index contributed by atoms with van der Waals surface area (Å²) < 4.78 is 18.3. The zero-order chi connectivity index (χ0) is 18.3. The molecule has 2 rings (SSSR count). The molecular formula is C17H22FN5O2. The van der Waals surface area contributed by atoms with Gasteiger partial charge < -0.3 is 15.4 Å². The number of alkyl carbamates (subject to hydrolysis) is 1. The lowest BCUT2D eigenvalue weighted by atomic mass is 10.2. The minimum Gasteiger partial charge on any atom is -0.444 e. The van der Waals surface area contributed by atoms with Crippen LogP contribution in [0, 0.1) is 5.95 Å². The van der Waals surface area contributed by atoms with Crippen molar-refractivity contribution in [2.24, 2.45) is 0 Å². The van der Waals surface area contributed by atoms with Crippen molar-refractivity contribution < 1.29 is 13.9 Å². The number of rotatable bonds is 6. The highest BCUT2D eigenvalue weighted by Crippen LogP contribution is 2.16.